The first-order chi connectivity index (χ1) is 8.15. The molecular formula is C14H18BrFO. The summed E-state index contributed by atoms with van der Waals surface area (Å²) < 4.78 is 18.9. The van der Waals surface area contributed by atoms with Crippen LogP contribution in [0.15, 0.2) is 18.2 Å². The summed E-state index contributed by atoms with van der Waals surface area (Å²) in [5.41, 5.74) is 0.921. The molecular weight excluding hydrogens is 283 g/mol. The molecule has 1 aromatic carbocycles. The van der Waals surface area contributed by atoms with Gasteiger partial charge in [0, 0.05) is 10.7 Å². The Balaban J connectivity index is 1.99. The largest absolute Gasteiger partial charge is 0.493 e. The van der Waals surface area contributed by atoms with Gasteiger partial charge in [-0.1, -0.05) is 28.8 Å². The summed E-state index contributed by atoms with van der Waals surface area (Å²) >= 11 is 3.59. The van der Waals surface area contributed by atoms with Crippen molar-refractivity contribution in [2.75, 3.05) is 11.9 Å². The van der Waals surface area contributed by atoms with Crippen molar-refractivity contribution in [1.29, 1.82) is 0 Å². The Morgan fingerprint density at radius 1 is 1.35 bits per heavy atom. The molecule has 0 heterocycles. The Morgan fingerprint density at radius 3 is 2.65 bits per heavy atom. The summed E-state index contributed by atoms with van der Waals surface area (Å²) in [4.78, 5) is 0. The summed E-state index contributed by atoms with van der Waals surface area (Å²) in [5, 5.41) is 0.986. The smallest absolute Gasteiger partial charge is 0.126 e. The fourth-order valence-corrected chi connectivity index (χ4v) is 3.11. The van der Waals surface area contributed by atoms with Crippen LogP contribution in [0, 0.1) is 18.2 Å². The topological polar surface area (TPSA) is 9.23 Å². The first kappa shape index (κ1) is 12.9. The van der Waals surface area contributed by atoms with Crippen LogP contribution in [0.4, 0.5) is 4.39 Å². The lowest BCUT2D eigenvalue weighted by atomic mass is 9.90. The molecule has 1 nitrogen and oxygen atoms in total. The van der Waals surface area contributed by atoms with Gasteiger partial charge < -0.3 is 4.74 Å². The number of halogens is 2. The highest BCUT2D eigenvalue weighted by atomic mass is 79.9. The molecule has 1 fully saturated rings. The first-order valence-corrected chi connectivity index (χ1v) is 7.22. The quantitative estimate of drug-likeness (QED) is 0.746. The molecule has 94 valence electrons. The number of benzene rings is 1. The summed E-state index contributed by atoms with van der Waals surface area (Å²) in [5.74, 6) is 0.601. The number of rotatable bonds is 4. The Labute approximate surface area is 110 Å². The zero-order chi connectivity index (χ0) is 12.3. The lowest BCUT2D eigenvalue weighted by Crippen LogP contribution is -2.27. The molecule has 0 aromatic heterocycles. The van der Waals surface area contributed by atoms with E-state index in [1.54, 1.807) is 19.1 Å². The second-order valence-electron chi connectivity index (χ2n) is 5.04. The van der Waals surface area contributed by atoms with E-state index >= 15 is 0 Å². The van der Waals surface area contributed by atoms with Gasteiger partial charge in [0.2, 0.25) is 0 Å². The summed E-state index contributed by atoms with van der Waals surface area (Å²) in [6, 6.07) is 4.95. The Kier molecular flexibility index (Phi) is 4.08. The number of hydrogen-bond donors (Lipinski definition) is 0. The Morgan fingerprint density at radius 2 is 2.06 bits per heavy atom. The Hall–Kier alpha value is -0.570. The maximum atomic E-state index is 13.1. The first-order valence-electron chi connectivity index (χ1n) is 6.10. The molecule has 1 aliphatic carbocycles. The van der Waals surface area contributed by atoms with Crippen LogP contribution in [0.25, 0.3) is 0 Å². The highest BCUT2D eigenvalue weighted by Gasteiger charge is 2.33. The van der Waals surface area contributed by atoms with E-state index in [0.29, 0.717) is 5.56 Å². The van der Waals surface area contributed by atoms with Gasteiger partial charge >= 0.3 is 0 Å². The summed E-state index contributed by atoms with van der Waals surface area (Å²) in [7, 11) is 0. The predicted octanol–water partition coefficient (Wildman–Crippen LogP) is 4.47. The number of hydrogen-bond acceptors (Lipinski definition) is 1. The normalized spacial score (nSPS) is 18.3. The van der Waals surface area contributed by atoms with Crippen LogP contribution in [0.2, 0.25) is 0 Å². The van der Waals surface area contributed by atoms with Gasteiger partial charge in [-0.05, 0) is 43.5 Å². The van der Waals surface area contributed by atoms with Gasteiger partial charge in [-0.2, -0.15) is 0 Å². The molecule has 1 aromatic rings. The third kappa shape index (κ3) is 3.01. The standard InChI is InChI=1S/C14H18BrFO/c1-11-8-12(4-5-13(11)16)17-10-14(9-15)6-2-3-7-14/h4-5,8H,2-3,6-7,9-10H2,1H3. The number of ether oxygens (including phenoxy) is 1. The predicted molar refractivity (Wildman–Crippen MR) is 71.3 cm³/mol. The van der Waals surface area contributed by atoms with Crippen LogP contribution < -0.4 is 4.74 Å². The molecule has 0 radical (unpaired) electrons. The van der Waals surface area contributed by atoms with Gasteiger partial charge in [0.25, 0.3) is 0 Å². The second kappa shape index (κ2) is 5.38. The number of aryl methyl sites for hydroxylation is 1. The zero-order valence-electron chi connectivity index (χ0n) is 10.1. The van der Waals surface area contributed by atoms with Crippen molar-refractivity contribution < 1.29 is 9.13 Å². The maximum Gasteiger partial charge on any atom is 0.126 e. The highest BCUT2D eigenvalue weighted by Crippen LogP contribution is 2.40. The lowest BCUT2D eigenvalue weighted by Gasteiger charge is -2.26. The van der Waals surface area contributed by atoms with E-state index < -0.39 is 0 Å². The van der Waals surface area contributed by atoms with Crippen molar-refractivity contribution in [2.24, 2.45) is 5.41 Å². The molecule has 0 aliphatic heterocycles. The van der Waals surface area contributed by atoms with Crippen molar-refractivity contribution in [2.45, 2.75) is 32.6 Å². The average Bonchev–Trinajstić information content (AvgIpc) is 2.80. The third-order valence-corrected chi connectivity index (χ3v) is 4.81. The second-order valence-corrected chi connectivity index (χ2v) is 5.60. The minimum atomic E-state index is -0.173. The van der Waals surface area contributed by atoms with Crippen LogP contribution in [-0.4, -0.2) is 11.9 Å². The molecule has 1 saturated carbocycles. The van der Waals surface area contributed by atoms with Crippen molar-refractivity contribution in [3.05, 3.63) is 29.6 Å². The monoisotopic (exact) mass is 300 g/mol. The minimum absolute atomic E-state index is 0.173. The lowest BCUT2D eigenvalue weighted by molar-refractivity contribution is 0.173. The van der Waals surface area contributed by atoms with Gasteiger partial charge in [-0.15, -0.1) is 0 Å². The Bertz CT molecular complexity index is 386. The highest BCUT2D eigenvalue weighted by molar-refractivity contribution is 9.09. The van der Waals surface area contributed by atoms with Crippen molar-refractivity contribution in [3.8, 4) is 5.75 Å². The molecule has 2 rings (SSSR count). The molecule has 1 aliphatic rings. The van der Waals surface area contributed by atoms with Crippen LogP contribution in [0.3, 0.4) is 0 Å². The van der Waals surface area contributed by atoms with Crippen LogP contribution in [-0.2, 0) is 0 Å². The van der Waals surface area contributed by atoms with Gasteiger partial charge in [-0.25, -0.2) is 4.39 Å². The van der Waals surface area contributed by atoms with E-state index in [1.807, 2.05) is 0 Å². The van der Waals surface area contributed by atoms with Crippen molar-refractivity contribution in [1.82, 2.24) is 0 Å². The zero-order valence-corrected chi connectivity index (χ0v) is 11.7. The molecule has 0 N–H and O–H groups in total. The molecule has 17 heavy (non-hydrogen) atoms. The van der Waals surface area contributed by atoms with E-state index in [4.69, 9.17) is 4.74 Å². The van der Waals surface area contributed by atoms with E-state index in [9.17, 15) is 4.39 Å². The molecule has 0 spiro atoms. The minimum Gasteiger partial charge on any atom is -0.493 e. The van der Waals surface area contributed by atoms with Crippen LogP contribution in [0.5, 0.6) is 5.75 Å². The van der Waals surface area contributed by atoms with Crippen molar-refractivity contribution >= 4 is 15.9 Å². The van der Waals surface area contributed by atoms with Gasteiger partial charge in [0.15, 0.2) is 0 Å². The van der Waals surface area contributed by atoms with Crippen LogP contribution in [0.1, 0.15) is 31.2 Å². The molecule has 3 heteroatoms. The fraction of sp³-hybridized carbons (Fsp3) is 0.571. The van der Waals surface area contributed by atoms with E-state index in [-0.39, 0.29) is 11.2 Å². The van der Waals surface area contributed by atoms with Crippen LogP contribution >= 0.6 is 15.9 Å². The van der Waals surface area contributed by atoms with E-state index in [2.05, 4.69) is 15.9 Å². The third-order valence-electron chi connectivity index (χ3n) is 3.62. The molecule has 0 saturated heterocycles. The maximum absolute atomic E-state index is 13.1. The van der Waals surface area contributed by atoms with Gasteiger partial charge in [-0.3, -0.25) is 0 Å². The van der Waals surface area contributed by atoms with E-state index in [0.717, 1.165) is 17.7 Å². The summed E-state index contributed by atoms with van der Waals surface area (Å²) in [6.07, 6.45) is 5.02. The summed E-state index contributed by atoms with van der Waals surface area (Å²) in [6.45, 7) is 2.49. The molecule has 0 unspecified atom stereocenters. The number of alkyl halides is 1. The van der Waals surface area contributed by atoms with Gasteiger partial charge in [0.05, 0.1) is 6.61 Å². The SMILES string of the molecule is Cc1cc(OCC2(CBr)CCCC2)ccc1F. The van der Waals surface area contributed by atoms with Crippen molar-refractivity contribution in [3.63, 3.8) is 0 Å². The fourth-order valence-electron chi connectivity index (χ4n) is 2.38. The molecule has 0 atom stereocenters. The van der Waals surface area contributed by atoms with Gasteiger partial charge in [0.1, 0.15) is 11.6 Å². The van der Waals surface area contributed by atoms with E-state index in [1.165, 1.54) is 31.7 Å². The average molecular weight is 301 g/mol. The molecule has 0 amide bonds. The molecule has 0 bridgehead atoms.